The van der Waals surface area contributed by atoms with E-state index in [2.05, 4.69) is 11.8 Å². The molecule has 1 radical (unpaired) electrons. The lowest BCUT2D eigenvalue weighted by atomic mass is 10.6. The highest BCUT2D eigenvalue weighted by Crippen LogP contribution is 1.48. The molecule has 0 unspecified atom stereocenters. The highest BCUT2D eigenvalue weighted by Gasteiger charge is 1.48. The van der Waals surface area contributed by atoms with Gasteiger partial charge in [-0.1, -0.05) is 5.92 Å². The zero-order valence-electron chi connectivity index (χ0n) is 3.15. The maximum atomic E-state index is 4.84. The van der Waals surface area contributed by atoms with Crippen LogP contribution in [0.4, 0.5) is 0 Å². The van der Waals surface area contributed by atoms with Gasteiger partial charge in [0.2, 0.25) is 0 Å². The Kier molecular flexibility index (Phi) is 3.18. The number of nitrogens with two attached hydrogens (primary N) is 1. The van der Waals surface area contributed by atoms with Crippen LogP contribution < -0.4 is 5.73 Å². The first-order valence-corrected chi connectivity index (χ1v) is 1.37. The maximum absolute atomic E-state index is 4.84. The number of hydrogen-bond donors (Lipinski definition) is 1. The van der Waals surface area contributed by atoms with E-state index >= 15 is 0 Å². The molecular weight excluding hydrogens is 62.1 g/mol. The van der Waals surface area contributed by atoms with E-state index in [-0.39, 0.29) is 0 Å². The van der Waals surface area contributed by atoms with E-state index in [1.54, 1.807) is 6.92 Å². The minimum absolute atomic E-state index is 1.32. The molecule has 0 atom stereocenters. The standard InChI is InChI=1S/C4H6N/c1-2-3-4-5/h4H,5H2,1H3. The van der Waals surface area contributed by atoms with E-state index in [0.29, 0.717) is 0 Å². The lowest BCUT2D eigenvalue weighted by Gasteiger charge is -1.59. The summed E-state index contributed by atoms with van der Waals surface area (Å²) in [6.07, 6.45) is 0. The van der Waals surface area contributed by atoms with Crippen LogP contribution in [-0.2, 0) is 0 Å². The second kappa shape index (κ2) is 3.52. The molecule has 0 saturated carbocycles. The summed E-state index contributed by atoms with van der Waals surface area (Å²) in [5.41, 5.74) is 4.84. The van der Waals surface area contributed by atoms with E-state index in [1.807, 2.05) is 0 Å². The zero-order valence-corrected chi connectivity index (χ0v) is 3.15. The summed E-state index contributed by atoms with van der Waals surface area (Å²) in [4.78, 5) is 0. The van der Waals surface area contributed by atoms with E-state index in [4.69, 9.17) is 5.73 Å². The van der Waals surface area contributed by atoms with Gasteiger partial charge in [0, 0.05) is 0 Å². The Labute approximate surface area is 32.2 Å². The molecule has 1 heteroatoms. The molecule has 0 aliphatic rings. The monoisotopic (exact) mass is 68.1 g/mol. The van der Waals surface area contributed by atoms with Crippen LogP contribution >= 0.6 is 0 Å². The van der Waals surface area contributed by atoms with Crippen molar-refractivity contribution in [2.24, 2.45) is 5.73 Å². The fourth-order valence-electron chi connectivity index (χ4n) is 0.0833. The largest absolute Gasteiger partial charge is 0.316 e. The minimum atomic E-state index is 1.32. The first-order valence-electron chi connectivity index (χ1n) is 1.37. The normalized spacial score (nSPS) is 5.20. The quantitative estimate of drug-likeness (QED) is 0.401. The van der Waals surface area contributed by atoms with Crippen LogP contribution in [0.5, 0.6) is 0 Å². The van der Waals surface area contributed by atoms with Gasteiger partial charge in [0.05, 0.1) is 6.54 Å². The van der Waals surface area contributed by atoms with E-state index in [1.165, 1.54) is 6.54 Å². The second-order valence-electron chi connectivity index (χ2n) is 0.561. The Hall–Kier alpha value is -0.480. The fourth-order valence-corrected chi connectivity index (χ4v) is 0.0833. The molecule has 0 amide bonds. The van der Waals surface area contributed by atoms with Crippen LogP contribution in [0.2, 0.25) is 0 Å². The van der Waals surface area contributed by atoms with Gasteiger partial charge in [-0.05, 0) is 6.92 Å². The van der Waals surface area contributed by atoms with Gasteiger partial charge in [0.25, 0.3) is 0 Å². The fraction of sp³-hybridized carbons (Fsp3) is 0.250. The molecule has 0 saturated heterocycles. The van der Waals surface area contributed by atoms with Crippen molar-refractivity contribution in [1.29, 1.82) is 0 Å². The molecule has 0 aliphatic carbocycles. The molecule has 1 nitrogen and oxygen atoms in total. The number of rotatable bonds is 0. The highest BCUT2D eigenvalue weighted by atomic mass is 14.5. The lowest BCUT2D eigenvalue weighted by Crippen LogP contribution is -1.81. The first-order chi connectivity index (χ1) is 2.41. The summed E-state index contributed by atoms with van der Waals surface area (Å²) < 4.78 is 0. The SMILES string of the molecule is CC#C[CH]N. The Balaban J connectivity index is 2.81. The Morgan fingerprint density at radius 1 is 1.80 bits per heavy atom. The molecule has 0 heterocycles. The van der Waals surface area contributed by atoms with Gasteiger partial charge in [-0.3, -0.25) is 0 Å². The predicted octanol–water partition coefficient (Wildman–Crippen LogP) is 0.130. The third-order valence-corrected chi connectivity index (χ3v) is 0.228. The first kappa shape index (κ1) is 4.52. The Morgan fingerprint density at radius 2 is 2.40 bits per heavy atom. The van der Waals surface area contributed by atoms with Crippen molar-refractivity contribution in [3.63, 3.8) is 0 Å². The van der Waals surface area contributed by atoms with Crippen molar-refractivity contribution in [2.75, 3.05) is 0 Å². The highest BCUT2D eigenvalue weighted by molar-refractivity contribution is 5.03. The second-order valence-corrected chi connectivity index (χ2v) is 0.561. The van der Waals surface area contributed by atoms with Crippen LogP contribution in [0.25, 0.3) is 0 Å². The molecule has 0 aromatic heterocycles. The summed E-state index contributed by atoms with van der Waals surface area (Å²) >= 11 is 0. The van der Waals surface area contributed by atoms with E-state index < -0.39 is 0 Å². The molecule has 5 heavy (non-hydrogen) atoms. The summed E-state index contributed by atoms with van der Waals surface area (Å²) in [5.74, 6) is 5.10. The lowest BCUT2D eigenvalue weighted by molar-refractivity contribution is 1.49. The third-order valence-electron chi connectivity index (χ3n) is 0.228. The van der Waals surface area contributed by atoms with Crippen LogP contribution in [0, 0.1) is 18.4 Å². The topological polar surface area (TPSA) is 26.0 Å². The summed E-state index contributed by atoms with van der Waals surface area (Å²) in [6, 6.07) is 0. The molecule has 0 aromatic carbocycles. The van der Waals surface area contributed by atoms with Gasteiger partial charge in [0.1, 0.15) is 0 Å². The average Bonchev–Trinajstić information content (AvgIpc) is 1.41. The van der Waals surface area contributed by atoms with Gasteiger partial charge in [0.15, 0.2) is 0 Å². The number of hydrogen-bond acceptors (Lipinski definition) is 1. The van der Waals surface area contributed by atoms with Crippen LogP contribution in [0.1, 0.15) is 6.92 Å². The molecule has 0 aliphatic heterocycles. The van der Waals surface area contributed by atoms with Crippen LogP contribution in [0.15, 0.2) is 0 Å². The van der Waals surface area contributed by atoms with Crippen molar-refractivity contribution >= 4 is 0 Å². The molecular formula is C4H6N. The molecule has 0 bridgehead atoms. The van der Waals surface area contributed by atoms with Crippen molar-refractivity contribution < 1.29 is 0 Å². The third kappa shape index (κ3) is 3.52. The summed E-state index contributed by atoms with van der Waals surface area (Å²) in [7, 11) is 0. The van der Waals surface area contributed by atoms with Gasteiger partial charge in [-0.25, -0.2) is 0 Å². The van der Waals surface area contributed by atoms with Gasteiger partial charge in [-0.15, -0.1) is 5.92 Å². The molecule has 0 aromatic rings. The predicted molar refractivity (Wildman–Crippen MR) is 21.9 cm³/mol. The van der Waals surface area contributed by atoms with E-state index in [0.717, 1.165) is 0 Å². The molecule has 0 fully saturated rings. The van der Waals surface area contributed by atoms with Gasteiger partial charge >= 0.3 is 0 Å². The summed E-state index contributed by atoms with van der Waals surface area (Å²) in [6.45, 7) is 3.06. The molecule has 0 rings (SSSR count). The van der Waals surface area contributed by atoms with Crippen molar-refractivity contribution in [3.05, 3.63) is 6.54 Å². The maximum Gasteiger partial charge on any atom is 0.0932 e. The smallest absolute Gasteiger partial charge is 0.0932 e. The van der Waals surface area contributed by atoms with Crippen molar-refractivity contribution in [3.8, 4) is 11.8 Å². The van der Waals surface area contributed by atoms with E-state index in [9.17, 15) is 0 Å². The van der Waals surface area contributed by atoms with Crippen LogP contribution in [-0.4, -0.2) is 0 Å². The zero-order chi connectivity index (χ0) is 4.12. The molecule has 0 spiro atoms. The Bertz CT molecular complexity index is 55.8. The molecule has 27 valence electrons. The minimum Gasteiger partial charge on any atom is -0.316 e. The van der Waals surface area contributed by atoms with Gasteiger partial charge in [-0.2, -0.15) is 0 Å². The molecule has 2 N–H and O–H groups in total. The Morgan fingerprint density at radius 3 is 2.40 bits per heavy atom. The van der Waals surface area contributed by atoms with Crippen molar-refractivity contribution in [1.82, 2.24) is 0 Å². The van der Waals surface area contributed by atoms with Gasteiger partial charge < -0.3 is 5.73 Å². The van der Waals surface area contributed by atoms with Crippen LogP contribution in [0.3, 0.4) is 0 Å². The average molecular weight is 68.1 g/mol. The van der Waals surface area contributed by atoms with Crippen molar-refractivity contribution in [2.45, 2.75) is 6.92 Å². The summed E-state index contributed by atoms with van der Waals surface area (Å²) in [5, 5.41) is 0.